The third kappa shape index (κ3) is 2.82. The molecule has 3 heterocycles. The van der Waals surface area contributed by atoms with Crippen molar-refractivity contribution >= 4 is 28.2 Å². The molecule has 1 fully saturated rings. The number of piperidine rings is 1. The van der Waals surface area contributed by atoms with Gasteiger partial charge in [-0.3, -0.25) is 0 Å². The standard InChI is InChI=1S/C15H17NOS2/c1-17-12-8-11(9-16-10-12)15(13-4-2-6-18-13)14-5-3-7-19-14/h2-7,12,16H,8-10H2,1H3. The largest absolute Gasteiger partial charge is 0.380 e. The monoisotopic (exact) mass is 291 g/mol. The van der Waals surface area contributed by atoms with Gasteiger partial charge in [0.15, 0.2) is 0 Å². The van der Waals surface area contributed by atoms with Crippen LogP contribution in [-0.2, 0) is 4.74 Å². The van der Waals surface area contributed by atoms with E-state index in [4.69, 9.17) is 4.74 Å². The van der Waals surface area contributed by atoms with E-state index in [-0.39, 0.29) is 0 Å². The highest BCUT2D eigenvalue weighted by Crippen LogP contribution is 2.35. The number of thiophene rings is 2. The van der Waals surface area contributed by atoms with Crippen molar-refractivity contribution in [3.05, 3.63) is 50.4 Å². The van der Waals surface area contributed by atoms with Crippen LogP contribution in [0.4, 0.5) is 0 Å². The molecule has 1 aliphatic heterocycles. The fourth-order valence-electron chi connectivity index (χ4n) is 2.47. The Balaban J connectivity index is 2.03. The second-order valence-corrected chi connectivity index (χ2v) is 6.52. The van der Waals surface area contributed by atoms with Crippen molar-refractivity contribution in [1.82, 2.24) is 5.32 Å². The number of ether oxygens (including phenoxy) is 1. The van der Waals surface area contributed by atoms with Crippen LogP contribution < -0.4 is 5.32 Å². The lowest BCUT2D eigenvalue weighted by Crippen LogP contribution is -2.36. The van der Waals surface area contributed by atoms with Gasteiger partial charge >= 0.3 is 0 Å². The Kier molecular flexibility index (Phi) is 4.13. The van der Waals surface area contributed by atoms with Gasteiger partial charge in [0.2, 0.25) is 0 Å². The second-order valence-electron chi connectivity index (χ2n) is 4.63. The first-order valence-corrected chi connectivity index (χ1v) is 8.17. The summed E-state index contributed by atoms with van der Waals surface area (Å²) in [5, 5.41) is 7.76. The summed E-state index contributed by atoms with van der Waals surface area (Å²) in [4.78, 5) is 2.71. The Morgan fingerprint density at radius 2 is 1.89 bits per heavy atom. The Bertz CT molecular complexity index is 506. The zero-order chi connectivity index (χ0) is 13.1. The third-order valence-electron chi connectivity index (χ3n) is 3.41. The first-order chi connectivity index (χ1) is 9.38. The smallest absolute Gasteiger partial charge is 0.0733 e. The summed E-state index contributed by atoms with van der Waals surface area (Å²) in [5.41, 5.74) is 2.86. The lowest BCUT2D eigenvalue weighted by molar-refractivity contribution is 0.0945. The van der Waals surface area contributed by atoms with E-state index in [1.54, 1.807) is 7.11 Å². The Labute approximate surface area is 121 Å². The molecule has 0 radical (unpaired) electrons. The average molecular weight is 291 g/mol. The highest BCUT2D eigenvalue weighted by molar-refractivity contribution is 7.13. The molecule has 3 rings (SSSR count). The number of methoxy groups -OCH3 is 1. The second kappa shape index (κ2) is 6.01. The Hall–Kier alpha value is -0.940. The molecule has 1 N–H and O–H groups in total. The number of nitrogens with one attached hydrogen (secondary N) is 1. The summed E-state index contributed by atoms with van der Waals surface area (Å²) in [6, 6.07) is 8.67. The van der Waals surface area contributed by atoms with Crippen LogP contribution in [0.3, 0.4) is 0 Å². The van der Waals surface area contributed by atoms with Gasteiger partial charge in [0.25, 0.3) is 0 Å². The van der Waals surface area contributed by atoms with Crippen LogP contribution in [0.25, 0.3) is 5.57 Å². The normalized spacial score (nSPS) is 19.6. The lowest BCUT2D eigenvalue weighted by atomic mass is 9.96. The maximum absolute atomic E-state index is 5.52. The molecule has 1 atom stereocenters. The molecule has 2 aromatic rings. The van der Waals surface area contributed by atoms with Crippen molar-refractivity contribution in [2.75, 3.05) is 20.2 Å². The minimum absolute atomic E-state index is 0.290. The van der Waals surface area contributed by atoms with Crippen molar-refractivity contribution in [3.8, 4) is 0 Å². The van der Waals surface area contributed by atoms with E-state index in [9.17, 15) is 0 Å². The number of hydrogen-bond acceptors (Lipinski definition) is 4. The fraction of sp³-hybridized carbons (Fsp3) is 0.333. The van der Waals surface area contributed by atoms with E-state index in [0.29, 0.717) is 6.10 Å². The van der Waals surface area contributed by atoms with Crippen LogP contribution in [0.1, 0.15) is 16.2 Å². The maximum atomic E-state index is 5.52. The van der Waals surface area contributed by atoms with Gasteiger partial charge in [-0.25, -0.2) is 0 Å². The van der Waals surface area contributed by atoms with E-state index < -0.39 is 0 Å². The number of rotatable bonds is 3. The SMILES string of the molecule is COC1CNCC(=C(c2cccs2)c2cccs2)C1. The molecular weight excluding hydrogens is 274 g/mol. The summed E-state index contributed by atoms with van der Waals surface area (Å²) in [5.74, 6) is 0. The zero-order valence-electron chi connectivity index (χ0n) is 10.9. The van der Waals surface area contributed by atoms with Crippen LogP contribution in [0, 0.1) is 0 Å². The number of hydrogen-bond donors (Lipinski definition) is 1. The summed E-state index contributed by atoms with van der Waals surface area (Å²) >= 11 is 3.62. The highest BCUT2D eigenvalue weighted by atomic mass is 32.1. The van der Waals surface area contributed by atoms with E-state index in [2.05, 4.69) is 40.3 Å². The van der Waals surface area contributed by atoms with E-state index in [1.807, 2.05) is 22.7 Å². The summed E-state index contributed by atoms with van der Waals surface area (Å²) in [7, 11) is 1.80. The molecule has 4 heteroatoms. The molecule has 0 saturated carbocycles. The molecule has 1 aliphatic rings. The average Bonchev–Trinajstić information content (AvgIpc) is 3.13. The van der Waals surface area contributed by atoms with Gasteiger partial charge in [-0.2, -0.15) is 0 Å². The van der Waals surface area contributed by atoms with Crippen molar-refractivity contribution in [2.24, 2.45) is 0 Å². The Morgan fingerprint density at radius 3 is 2.42 bits per heavy atom. The zero-order valence-corrected chi connectivity index (χ0v) is 12.5. The van der Waals surface area contributed by atoms with Crippen LogP contribution in [0.5, 0.6) is 0 Å². The maximum Gasteiger partial charge on any atom is 0.0733 e. The van der Waals surface area contributed by atoms with Crippen molar-refractivity contribution in [1.29, 1.82) is 0 Å². The van der Waals surface area contributed by atoms with Crippen LogP contribution in [0.2, 0.25) is 0 Å². The molecule has 0 aromatic carbocycles. The molecule has 19 heavy (non-hydrogen) atoms. The molecule has 0 aliphatic carbocycles. The van der Waals surface area contributed by atoms with Gasteiger partial charge in [-0.1, -0.05) is 12.1 Å². The van der Waals surface area contributed by atoms with Crippen molar-refractivity contribution < 1.29 is 4.74 Å². The molecule has 1 saturated heterocycles. The van der Waals surface area contributed by atoms with Gasteiger partial charge < -0.3 is 10.1 Å². The van der Waals surface area contributed by atoms with Gasteiger partial charge in [0.1, 0.15) is 0 Å². The minimum atomic E-state index is 0.290. The third-order valence-corrected chi connectivity index (χ3v) is 5.18. The first-order valence-electron chi connectivity index (χ1n) is 6.41. The lowest BCUT2D eigenvalue weighted by Gasteiger charge is -2.26. The van der Waals surface area contributed by atoms with Crippen molar-refractivity contribution in [3.63, 3.8) is 0 Å². The molecule has 1 unspecified atom stereocenters. The highest BCUT2D eigenvalue weighted by Gasteiger charge is 2.21. The van der Waals surface area contributed by atoms with Crippen LogP contribution >= 0.6 is 22.7 Å². The molecule has 100 valence electrons. The van der Waals surface area contributed by atoms with Crippen LogP contribution in [-0.4, -0.2) is 26.3 Å². The van der Waals surface area contributed by atoms with Gasteiger partial charge in [0.05, 0.1) is 6.10 Å². The predicted octanol–water partition coefficient (Wildman–Crippen LogP) is 3.62. The van der Waals surface area contributed by atoms with E-state index >= 15 is 0 Å². The topological polar surface area (TPSA) is 21.3 Å². The van der Waals surface area contributed by atoms with Gasteiger partial charge in [-0.05, 0) is 34.9 Å². The molecule has 2 nitrogen and oxygen atoms in total. The molecule has 2 aromatic heterocycles. The van der Waals surface area contributed by atoms with E-state index in [1.165, 1.54) is 20.9 Å². The summed E-state index contributed by atoms with van der Waals surface area (Å²) < 4.78 is 5.52. The van der Waals surface area contributed by atoms with E-state index in [0.717, 1.165) is 19.5 Å². The van der Waals surface area contributed by atoms with Gasteiger partial charge in [0, 0.05) is 35.5 Å². The first kappa shape index (κ1) is 13.1. The summed E-state index contributed by atoms with van der Waals surface area (Å²) in [6.07, 6.45) is 1.31. The Morgan fingerprint density at radius 1 is 1.21 bits per heavy atom. The summed E-state index contributed by atoms with van der Waals surface area (Å²) in [6.45, 7) is 1.91. The molecular formula is C15H17NOS2. The molecule has 0 amide bonds. The fourth-order valence-corrected chi connectivity index (χ4v) is 4.20. The van der Waals surface area contributed by atoms with Crippen LogP contribution in [0.15, 0.2) is 40.6 Å². The minimum Gasteiger partial charge on any atom is -0.380 e. The quantitative estimate of drug-likeness (QED) is 0.932. The molecule has 0 spiro atoms. The molecule has 0 bridgehead atoms. The van der Waals surface area contributed by atoms with Gasteiger partial charge in [-0.15, -0.1) is 22.7 Å². The van der Waals surface area contributed by atoms with Crippen molar-refractivity contribution in [2.45, 2.75) is 12.5 Å². The predicted molar refractivity (Wildman–Crippen MR) is 82.9 cm³/mol.